The number of amides is 1. The van der Waals surface area contributed by atoms with Gasteiger partial charge in [-0.2, -0.15) is 0 Å². The Kier molecular flexibility index (Phi) is 9.00. The van der Waals surface area contributed by atoms with Crippen LogP contribution < -0.4 is 10.5 Å². The normalized spacial score (nSPS) is 9.63. The number of benzene rings is 1. The second-order valence-corrected chi connectivity index (χ2v) is 4.31. The SMILES string of the molecule is COc1ccc(CCCN(C)C(=O)CCN)cc1.Cl. The molecule has 0 atom stereocenters. The van der Waals surface area contributed by atoms with Crippen LogP contribution in [0.1, 0.15) is 18.4 Å². The Bertz CT molecular complexity index is 368. The summed E-state index contributed by atoms with van der Waals surface area (Å²) in [5.41, 5.74) is 6.61. The van der Waals surface area contributed by atoms with E-state index in [2.05, 4.69) is 12.1 Å². The quantitative estimate of drug-likeness (QED) is 0.832. The van der Waals surface area contributed by atoms with E-state index < -0.39 is 0 Å². The number of ether oxygens (including phenoxy) is 1. The number of rotatable bonds is 7. The molecule has 0 fully saturated rings. The molecule has 0 radical (unpaired) electrons. The van der Waals surface area contributed by atoms with E-state index in [0.29, 0.717) is 13.0 Å². The summed E-state index contributed by atoms with van der Waals surface area (Å²) in [5, 5.41) is 0. The first kappa shape index (κ1) is 17.7. The summed E-state index contributed by atoms with van der Waals surface area (Å²) >= 11 is 0. The highest BCUT2D eigenvalue weighted by Gasteiger charge is 2.06. The Morgan fingerprint density at radius 1 is 1.32 bits per heavy atom. The largest absolute Gasteiger partial charge is 0.497 e. The van der Waals surface area contributed by atoms with Crippen LogP contribution in [0.5, 0.6) is 5.75 Å². The second-order valence-electron chi connectivity index (χ2n) is 4.31. The van der Waals surface area contributed by atoms with Gasteiger partial charge in [-0.3, -0.25) is 4.79 Å². The van der Waals surface area contributed by atoms with Gasteiger partial charge in [0.2, 0.25) is 5.91 Å². The van der Waals surface area contributed by atoms with Gasteiger partial charge in [-0.15, -0.1) is 12.4 Å². The number of hydrogen-bond acceptors (Lipinski definition) is 3. The molecular weight excluding hydrogens is 264 g/mol. The van der Waals surface area contributed by atoms with Crippen LogP contribution in [0, 0.1) is 0 Å². The molecule has 0 saturated carbocycles. The molecule has 1 aromatic carbocycles. The van der Waals surface area contributed by atoms with Gasteiger partial charge in [0.25, 0.3) is 0 Å². The van der Waals surface area contributed by atoms with Crippen molar-refractivity contribution in [2.24, 2.45) is 5.73 Å². The standard InChI is InChI=1S/C14H22N2O2.ClH/c1-16(14(17)9-10-15)11-3-4-12-5-7-13(18-2)8-6-12;/h5-8H,3-4,9-11,15H2,1-2H3;1H. The molecular formula is C14H23ClN2O2. The van der Waals surface area contributed by atoms with Crippen LogP contribution in [-0.2, 0) is 11.2 Å². The van der Waals surface area contributed by atoms with Crippen molar-refractivity contribution in [2.45, 2.75) is 19.3 Å². The highest BCUT2D eigenvalue weighted by molar-refractivity contribution is 5.85. The maximum absolute atomic E-state index is 11.5. The molecule has 0 aliphatic carbocycles. The minimum absolute atomic E-state index is 0. The second kappa shape index (κ2) is 9.64. The van der Waals surface area contributed by atoms with Gasteiger partial charge < -0.3 is 15.4 Å². The molecule has 0 bridgehead atoms. The summed E-state index contributed by atoms with van der Waals surface area (Å²) in [6.45, 7) is 1.19. The molecule has 19 heavy (non-hydrogen) atoms. The minimum atomic E-state index is 0. The highest BCUT2D eigenvalue weighted by Crippen LogP contribution is 2.12. The van der Waals surface area contributed by atoms with Gasteiger partial charge in [0.05, 0.1) is 7.11 Å². The fourth-order valence-electron chi connectivity index (χ4n) is 1.75. The van der Waals surface area contributed by atoms with Gasteiger partial charge in [-0.05, 0) is 30.5 Å². The molecule has 0 spiro atoms. The Labute approximate surface area is 121 Å². The van der Waals surface area contributed by atoms with Gasteiger partial charge in [0, 0.05) is 26.6 Å². The lowest BCUT2D eigenvalue weighted by Crippen LogP contribution is -2.29. The van der Waals surface area contributed by atoms with Crippen LogP contribution in [0.4, 0.5) is 0 Å². The third-order valence-corrected chi connectivity index (χ3v) is 2.90. The van der Waals surface area contributed by atoms with Gasteiger partial charge in [-0.1, -0.05) is 12.1 Å². The van der Waals surface area contributed by atoms with E-state index >= 15 is 0 Å². The van der Waals surface area contributed by atoms with E-state index in [-0.39, 0.29) is 18.3 Å². The zero-order valence-corrected chi connectivity index (χ0v) is 12.4. The molecule has 0 unspecified atom stereocenters. The number of nitrogens with zero attached hydrogens (tertiary/aromatic N) is 1. The monoisotopic (exact) mass is 286 g/mol. The number of nitrogens with two attached hydrogens (primary N) is 1. The van der Waals surface area contributed by atoms with Crippen molar-refractivity contribution >= 4 is 18.3 Å². The van der Waals surface area contributed by atoms with Crippen LogP contribution >= 0.6 is 12.4 Å². The molecule has 108 valence electrons. The van der Waals surface area contributed by atoms with Crippen LogP contribution in [0.15, 0.2) is 24.3 Å². The number of hydrogen-bond donors (Lipinski definition) is 1. The number of halogens is 1. The average Bonchev–Trinajstić information content (AvgIpc) is 2.39. The molecule has 0 saturated heterocycles. The number of methoxy groups -OCH3 is 1. The van der Waals surface area contributed by atoms with Gasteiger partial charge in [0.15, 0.2) is 0 Å². The van der Waals surface area contributed by atoms with Crippen molar-refractivity contribution in [3.63, 3.8) is 0 Å². The first-order chi connectivity index (χ1) is 8.67. The molecule has 5 heteroatoms. The van der Waals surface area contributed by atoms with E-state index in [9.17, 15) is 4.79 Å². The summed E-state index contributed by atoms with van der Waals surface area (Å²) in [4.78, 5) is 13.2. The fraction of sp³-hybridized carbons (Fsp3) is 0.500. The molecule has 1 amide bonds. The lowest BCUT2D eigenvalue weighted by atomic mass is 10.1. The molecule has 0 aliphatic heterocycles. The van der Waals surface area contributed by atoms with E-state index in [4.69, 9.17) is 10.5 Å². The van der Waals surface area contributed by atoms with Crippen molar-refractivity contribution in [3.05, 3.63) is 29.8 Å². The van der Waals surface area contributed by atoms with Crippen LogP contribution in [0.25, 0.3) is 0 Å². The van der Waals surface area contributed by atoms with Crippen molar-refractivity contribution < 1.29 is 9.53 Å². The zero-order chi connectivity index (χ0) is 13.4. The van der Waals surface area contributed by atoms with Crippen molar-refractivity contribution in [1.82, 2.24) is 4.90 Å². The van der Waals surface area contributed by atoms with E-state index in [1.54, 1.807) is 12.0 Å². The number of carbonyl (C=O) groups is 1. The Hall–Kier alpha value is -1.26. The van der Waals surface area contributed by atoms with E-state index in [1.807, 2.05) is 19.2 Å². The topological polar surface area (TPSA) is 55.6 Å². The number of aryl methyl sites for hydroxylation is 1. The van der Waals surface area contributed by atoms with Crippen molar-refractivity contribution in [1.29, 1.82) is 0 Å². The summed E-state index contributed by atoms with van der Waals surface area (Å²) < 4.78 is 5.11. The van der Waals surface area contributed by atoms with Gasteiger partial charge in [-0.25, -0.2) is 0 Å². The fourth-order valence-corrected chi connectivity index (χ4v) is 1.75. The Morgan fingerprint density at radius 3 is 2.47 bits per heavy atom. The number of carbonyl (C=O) groups excluding carboxylic acids is 1. The first-order valence-corrected chi connectivity index (χ1v) is 6.24. The van der Waals surface area contributed by atoms with Crippen molar-refractivity contribution in [3.8, 4) is 5.75 Å². The predicted octanol–water partition coefficient (Wildman–Crippen LogP) is 1.86. The van der Waals surface area contributed by atoms with Crippen LogP contribution in [0.3, 0.4) is 0 Å². The summed E-state index contributed by atoms with van der Waals surface area (Å²) in [6, 6.07) is 8.03. The minimum Gasteiger partial charge on any atom is -0.497 e. The smallest absolute Gasteiger partial charge is 0.223 e. The molecule has 0 aliphatic rings. The third-order valence-electron chi connectivity index (χ3n) is 2.90. The summed E-state index contributed by atoms with van der Waals surface area (Å²) in [5.74, 6) is 0.987. The van der Waals surface area contributed by atoms with E-state index in [1.165, 1.54) is 5.56 Å². The lowest BCUT2D eigenvalue weighted by molar-refractivity contribution is -0.129. The average molecular weight is 287 g/mol. The van der Waals surface area contributed by atoms with Crippen LogP contribution in [0.2, 0.25) is 0 Å². The molecule has 0 heterocycles. The summed E-state index contributed by atoms with van der Waals surface area (Å²) in [7, 11) is 3.49. The maximum Gasteiger partial charge on any atom is 0.223 e. The van der Waals surface area contributed by atoms with E-state index in [0.717, 1.165) is 25.1 Å². The van der Waals surface area contributed by atoms with Gasteiger partial charge >= 0.3 is 0 Å². The van der Waals surface area contributed by atoms with Crippen LogP contribution in [-0.4, -0.2) is 38.1 Å². The first-order valence-electron chi connectivity index (χ1n) is 6.24. The zero-order valence-electron chi connectivity index (χ0n) is 11.6. The molecule has 1 rings (SSSR count). The Balaban J connectivity index is 0.00000324. The third kappa shape index (κ3) is 6.45. The molecule has 0 aromatic heterocycles. The molecule has 2 N–H and O–H groups in total. The highest BCUT2D eigenvalue weighted by atomic mass is 35.5. The summed E-state index contributed by atoms with van der Waals surface area (Å²) in [6.07, 6.45) is 2.35. The lowest BCUT2D eigenvalue weighted by Gasteiger charge is -2.16. The van der Waals surface area contributed by atoms with Gasteiger partial charge in [0.1, 0.15) is 5.75 Å². The maximum atomic E-state index is 11.5. The molecule has 1 aromatic rings. The van der Waals surface area contributed by atoms with Crippen molar-refractivity contribution in [2.75, 3.05) is 27.2 Å². The predicted molar refractivity (Wildman–Crippen MR) is 79.9 cm³/mol. The molecule has 4 nitrogen and oxygen atoms in total. The Morgan fingerprint density at radius 2 is 1.95 bits per heavy atom.